The van der Waals surface area contributed by atoms with Gasteiger partial charge >= 0.3 is 11.9 Å². The van der Waals surface area contributed by atoms with Crippen LogP contribution >= 0.6 is 0 Å². The van der Waals surface area contributed by atoms with E-state index in [1.807, 2.05) is 20.8 Å². The fourth-order valence-electron chi connectivity index (χ4n) is 4.14. The van der Waals surface area contributed by atoms with Gasteiger partial charge in [-0.25, -0.2) is 0 Å². The summed E-state index contributed by atoms with van der Waals surface area (Å²) in [5, 5.41) is 0. The van der Waals surface area contributed by atoms with E-state index in [0.717, 1.165) is 19.3 Å². The van der Waals surface area contributed by atoms with Crippen molar-refractivity contribution in [2.75, 3.05) is 13.2 Å². The molecule has 0 aromatic rings. The summed E-state index contributed by atoms with van der Waals surface area (Å²) in [5.41, 5.74) is -0.0259. The van der Waals surface area contributed by atoms with Crippen LogP contribution in [0.5, 0.6) is 0 Å². The zero-order valence-electron chi connectivity index (χ0n) is 16.5. The summed E-state index contributed by atoms with van der Waals surface area (Å²) in [6.07, 6.45) is 3.26. The summed E-state index contributed by atoms with van der Waals surface area (Å²) >= 11 is 0. The Morgan fingerprint density at radius 2 is 1.85 bits per heavy atom. The van der Waals surface area contributed by atoms with E-state index in [0.29, 0.717) is 6.10 Å². The molecule has 0 bridgehead atoms. The Balaban J connectivity index is 1.32. The zero-order valence-corrected chi connectivity index (χ0v) is 16.5. The van der Waals surface area contributed by atoms with E-state index >= 15 is 0 Å². The molecular formula is C20H32O6. The highest BCUT2D eigenvalue weighted by Gasteiger charge is 2.58. The van der Waals surface area contributed by atoms with Gasteiger partial charge in [0.15, 0.2) is 0 Å². The Bertz CT molecular complexity index is 548. The van der Waals surface area contributed by atoms with Gasteiger partial charge in [0.25, 0.3) is 0 Å². The number of ether oxygens (including phenoxy) is 4. The molecule has 6 nitrogen and oxygen atoms in total. The van der Waals surface area contributed by atoms with Crippen LogP contribution in [0.1, 0.15) is 53.9 Å². The molecule has 0 N–H and O–H groups in total. The first kappa shape index (κ1) is 19.6. The van der Waals surface area contributed by atoms with E-state index in [4.69, 9.17) is 18.9 Å². The highest BCUT2D eigenvalue weighted by atomic mass is 16.6. The number of hydrogen-bond donors (Lipinski definition) is 0. The first-order valence-electron chi connectivity index (χ1n) is 9.88. The van der Waals surface area contributed by atoms with Crippen LogP contribution in [0, 0.1) is 23.7 Å². The van der Waals surface area contributed by atoms with Crippen LogP contribution in [0.2, 0.25) is 0 Å². The molecule has 8 unspecified atom stereocenters. The van der Waals surface area contributed by atoms with Gasteiger partial charge < -0.3 is 18.9 Å². The fourth-order valence-corrected chi connectivity index (χ4v) is 4.14. The van der Waals surface area contributed by atoms with E-state index in [2.05, 4.69) is 13.8 Å². The van der Waals surface area contributed by atoms with Crippen molar-refractivity contribution < 1.29 is 28.5 Å². The molecule has 0 amide bonds. The maximum atomic E-state index is 12.3. The molecule has 1 saturated carbocycles. The Morgan fingerprint density at radius 1 is 1.19 bits per heavy atom. The highest BCUT2D eigenvalue weighted by molar-refractivity contribution is 5.73. The maximum Gasteiger partial charge on any atom is 0.309 e. The number of rotatable bonds is 8. The SMILES string of the molecule is CC(CC1OC1C)C(C)C(=O)OCCOC(=O)C1CC2OC2(C)CC1C. The molecule has 2 heterocycles. The van der Waals surface area contributed by atoms with Crippen molar-refractivity contribution in [2.24, 2.45) is 23.7 Å². The number of esters is 2. The lowest BCUT2D eigenvalue weighted by atomic mass is 9.75. The van der Waals surface area contributed by atoms with Gasteiger partial charge in [-0.2, -0.15) is 0 Å². The molecule has 3 rings (SSSR count). The van der Waals surface area contributed by atoms with Gasteiger partial charge in [0.1, 0.15) is 13.2 Å². The number of epoxide rings is 2. The predicted octanol–water partition coefficient (Wildman–Crippen LogP) is 2.73. The standard InChI is InChI=1S/C20H32O6/c1-11(8-16-14(4)25-16)13(3)18(21)23-6-7-24-19(22)15-9-17-20(5,26-17)10-12(15)2/h11-17H,6-10H2,1-5H3. The van der Waals surface area contributed by atoms with Crippen molar-refractivity contribution in [1.82, 2.24) is 0 Å². The Labute approximate surface area is 155 Å². The van der Waals surface area contributed by atoms with Crippen molar-refractivity contribution in [2.45, 2.75) is 77.8 Å². The Hall–Kier alpha value is -1.14. The van der Waals surface area contributed by atoms with Crippen LogP contribution in [-0.4, -0.2) is 49.1 Å². The second-order valence-electron chi connectivity index (χ2n) is 8.66. The van der Waals surface area contributed by atoms with Crippen LogP contribution in [0.15, 0.2) is 0 Å². The first-order chi connectivity index (χ1) is 12.2. The number of carbonyl (C=O) groups excluding carboxylic acids is 2. The zero-order chi connectivity index (χ0) is 19.1. The first-order valence-corrected chi connectivity index (χ1v) is 9.88. The summed E-state index contributed by atoms with van der Waals surface area (Å²) in [5.74, 6) is -0.295. The van der Waals surface area contributed by atoms with Gasteiger partial charge in [0.05, 0.1) is 35.7 Å². The van der Waals surface area contributed by atoms with Gasteiger partial charge in [-0.15, -0.1) is 0 Å². The molecule has 2 saturated heterocycles. The minimum Gasteiger partial charge on any atom is -0.462 e. The topological polar surface area (TPSA) is 77.7 Å². The highest BCUT2D eigenvalue weighted by Crippen LogP contribution is 2.51. The third-order valence-electron chi connectivity index (χ3n) is 6.46. The Kier molecular flexibility index (Phi) is 5.63. The van der Waals surface area contributed by atoms with Crippen molar-refractivity contribution >= 4 is 11.9 Å². The summed E-state index contributed by atoms with van der Waals surface area (Å²) in [4.78, 5) is 24.4. The third-order valence-corrected chi connectivity index (χ3v) is 6.46. The van der Waals surface area contributed by atoms with E-state index in [-0.39, 0.29) is 66.6 Å². The van der Waals surface area contributed by atoms with Crippen LogP contribution in [0.3, 0.4) is 0 Å². The van der Waals surface area contributed by atoms with Crippen molar-refractivity contribution in [1.29, 1.82) is 0 Å². The normalized spacial score (nSPS) is 40.1. The maximum absolute atomic E-state index is 12.3. The minimum atomic E-state index is -0.241. The monoisotopic (exact) mass is 368 g/mol. The molecule has 1 aliphatic carbocycles. The predicted molar refractivity (Wildman–Crippen MR) is 94.4 cm³/mol. The summed E-state index contributed by atoms with van der Waals surface area (Å²) in [6.45, 7) is 10.4. The average molecular weight is 368 g/mol. The van der Waals surface area contributed by atoms with E-state index in [1.54, 1.807) is 0 Å². The van der Waals surface area contributed by atoms with E-state index < -0.39 is 0 Å². The second kappa shape index (κ2) is 7.47. The molecule has 0 aromatic heterocycles. The number of fused-ring (bicyclic) bond motifs is 1. The molecular weight excluding hydrogens is 336 g/mol. The number of carbonyl (C=O) groups is 2. The van der Waals surface area contributed by atoms with Crippen molar-refractivity contribution in [3.05, 3.63) is 0 Å². The van der Waals surface area contributed by atoms with Crippen LogP contribution < -0.4 is 0 Å². The van der Waals surface area contributed by atoms with Crippen molar-refractivity contribution in [3.8, 4) is 0 Å². The summed E-state index contributed by atoms with van der Waals surface area (Å²) in [7, 11) is 0. The number of hydrogen-bond acceptors (Lipinski definition) is 6. The van der Waals surface area contributed by atoms with Gasteiger partial charge in [0, 0.05) is 0 Å². The summed E-state index contributed by atoms with van der Waals surface area (Å²) in [6, 6.07) is 0. The second-order valence-corrected chi connectivity index (χ2v) is 8.66. The molecule has 0 spiro atoms. The minimum absolute atomic E-state index is 0.0259. The molecule has 8 atom stereocenters. The molecule has 26 heavy (non-hydrogen) atoms. The third kappa shape index (κ3) is 4.39. The van der Waals surface area contributed by atoms with Crippen LogP contribution in [0.4, 0.5) is 0 Å². The van der Waals surface area contributed by atoms with Gasteiger partial charge in [-0.05, 0) is 44.9 Å². The molecule has 3 fully saturated rings. The van der Waals surface area contributed by atoms with E-state index in [9.17, 15) is 9.59 Å². The lowest BCUT2D eigenvalue weighted by molar-refractivity contribution is -0.159. The average Bonchev–Trinajstić information content (AvgIpc) is 3.45. The molecule has 6 heteroatoms. The fraction of sp³-hybridized carbons (Fsp3) is 0.900. The molecule has 2 aliphatic heterocycles. The quantitative estimate of drug-likeness (QED) is 0.372. The molecule has 0 radical (unpaired) electrons. The molecule has 3 aliphatic rings. The smallest absolute Gasteiger partial charge is 0.309 e. The van der Waals surface area contributed by atoms with Crippen LogP contribution in [-0.2, 0) is 28.5 Å². The van der Waals surface area contributed by atoms with E-state index in [1.165, 1.54) is 0 Å². The van der Waals surface area contributed by atoms with Gasteiger partial charge in [0.2, 0.25) is 0 Å². The Morgan fingerprint density at radius 3 is 2.50 bits per heavy atom. The van der Waals surface area contributed by atoms with Crippen LogP contribution in [0.25, 0.3) is 0 Å². The lowest BCUT2D eigenvalue weighted by Gasteiger charge is -2.27. The molecule has 0 aromatic carbocycles. The van der Waals surface area contributed by atoms with Gasteiger partial charge in [-0.1, -0.05) is 20.8 Å². The molecule has 148 valence electrons. The van der Waals surface area contributed by atoms with Gasteiger partial charge in [-0.3, -0.25) is 9.59 Å². The summed E-state index contributed by atoms with van der Waals surface area (Å²) < 4.78 is 21.7. The van der Waals surface area contributed by atoms with Crippen molar-refractivity contribution in [3.63, 3.8) is 0 Å². The lowest BCUT2D eigenvalue weighted by Crippen LogP contribution is -2.34. The largest absolute Gasteiger partial charge is 0.462 e.